The van der Waals surface area contributed by atoms with Gasteiger partial charge in [-0.05, 0) is 45.6 Å². The molecule has 1 aromatic heterocycles. The summed E-state index contributed by atoms with van der Waals surface area (Å²) in [6.45, 7) is 6.52. The third-order valence-electron chi connectivity index (χ3n) is 3.82. The molecule has 0 aromatic carbocycles. The molecule has 0 spiro atoms. The van der Waals surface area contributed by atoms with Gasteiger partial charge < -0.3 is 9.64 Å². The van der Waals surface area contributed by atoms with Gasteiger partial charge in [-0.25, -0.2) is 9.78 Å². The lowest BCUT2D eigenvalue weighted by Gasteiger charge is -2.33. The maximum atomic E-state index is 12.5. The van der Waals surface area contributed by atoms with Crippen LogP contribution in [0.2, 0.25) is 0 Å². The van der Waals surface area contributed by atoms with Gasteiger partial charge in [-0.1, -0.05) is 0 Å². The average molecular weight is 369 g/mol. The highest BCUT2D eigenvalue weighted by molar-refractivity contribution is 7.85. The lowest BCUT2D eigenvalue weighted by Crippen LogP contribution is -2.42. The highest BCUT2D eigenvalue weighted by atomic mass is 32.2. The fourth-order valence-electron chi connectivity index (χ4n) is 2.60. The number of carbonyl (C=O) groups excluding carboxylic acids is 1. The minimum atomic E-state index is -1.54. The Bertz CT molecular complexity index is 666. The summed E-state index contributed by atoms with van der Waals surface area (Å²) in [6.07, 6.45) is 2.44. The van der Waals surface area contributed by atoms with E-state index in [4.69, 9.17) is 4.74 Å². The standard InChI is InChI=1S/C16H23N3O5S/c1-16(2,3)24-15(20)18-9-6-12(7-10-18)11-25(23)14-13(19(21)22)5-4-8-17-14/h4-5,8,12H,6-7,9-11H2,1-3H3/t25-/m1/s1. The van der Waals surface area contributed by atoms with Crippen molar-refractivity contribution in [3.8, 4) is 0 Å². The zero-order chi connectivity index (χ0) is 18.6. The van der Waals surface area contributed by atoms with E-state index in [0.717, 1.165) is 0 Å². The van der Waals surface area contributed by atoms with Gasteiger partial charge in [-0.3, -0.25) is 14.3 Å². The van der Waals surface area contributed by atoms with Crippen molar-refractivity contribution in [2.24, 2.45) is 5.92 Å². The molecule has 0 aliphatic carbocycles. The molecule has 2 rings (SSSR count). The Morgan fingerprint density at radius 2 is 2.08 bits per heavy atom. The number of piperidine rings is 1. The third-order valence-corrected chi connectivity index (χ3v) is 5.34. The van der Waals surface area contributed by atoms with Crippen LogP contribution < -0.4 is 0 Å². The topological polar surface area (TPSA) is 103 Å². The zero-order valence-corrected chi connectivity index (χ0v) is 15.5. The van der Waals surface area contributed by atoms with Crippen molar-refractivity contribution in [1.82, 2.24) is 9.88 Å². The van der Waals surface area contributed by atoms with Crippen LogP contribution in [0.25, 0.3) is 0 Å². The second-order valence-electron chi connectivity index (χ2n) is 7.01. The fraction of sp³-hybridized carbons (Fsp3) is 0.625. The van der Waals surface area contributed by atoms with Crippen LogP contribution in [0.5, 0.6) is 0 Å². The fourth-order valence-corrected chi connectivity index (χ4v) is 4.07. The Hall–Kier alpha value is -2.03. The van der Waals surface area contributed by atoms with Gasteiger partial charge in [0.1, 0.15) is 5.60 Å². The summed E-state index contributed by atoms with van der Waals surface area (Å²) < 4.78 is 17.8. The number of hydrogen-bond donors (Lipinski definition) is 0. The maximum Gasteiger partial charge on any atom is 0.410 e. The van der Waals surface area contributed by atoms with Gasteiger partial charge in [0.15, 0.2) is 0 Å². The lowest BCUT2D eigenvalue weighted by atomic mass is 9.99. The minimum absolute atomic E-state index is 0.0158. The summed E-state index contributed by atoms with van der Waals surface area (Å²) in [5, 5.41) is 11.0. The number of nitrogens with zero attached hydrogens (tertiary/aromatic N) is 3. The van der Waals surface area contributed by atoms with Crippen LogP contribution in [-0.4, -0.2) is 49.6 Å². The van der Waals surface area contributed by atoms with Crippen molar-refractivity contribution in [3.63, 3.8) is 0 Å². The van der Waals surface area contributed by atoms with Crippen LogP contribution in [0.15, 0.2) is 23.4 Å². The Morgan fingerprint density at radius 3 is 2.64 bits per heavy atom. The summed E-state index contributed by atoms with van der Waals surface area (Å²) in [4.78, 5) is 28.1. The van der Waals surface area contributed by atoms with Crippen LogP contribution in [0.3, 0.4) is 0 Å². The molecule has 0 unspecified atom stereocenters. The van der Waals surface area contributed by atoms with E-state index in [2.05, 4.69) is 4.98 Å². The Kier molecular flexibility index (Phi) is 6.10. The number of amides is 1. The quantitative estimate of drug-likeness (QED) is 0.597. The van der Waals surface area contributed by atoms with Crippen molar-refractivity contribution in [2.45, 2.75) is 44.2 Å². The monoisotopic (exact) mass is 369 g/mol. The maximum absolute atomic E-state index is 12.5. The molecule has 9 heteroatoms. The second kappa shape index (κ2) is 7.90. The summed E-state index contributed by atoms with van der Waals surface area (Å²) in [5.41, 5.74) is -0.750. The van der Waals surface area contributed by atoms with Crippen molar-refractivity contribution in [1.29, 1.82) is 0 Å². The van der Waals surface area contributed by atoms with Crippen LogP contribution in [-0.2, 0) is 15.5 Å². The highest BCUT2D eigenvalue weighted by Gasteiger charge is 2.29. The predicted molar refractivity (Wildman–Crippen MR) is 92.7 cm³/mol. The molecule has 138 valence electrons. The molecule has 1 aliphatic rings. The summed E-state index contributed by atoms with van der Waals surface area (Å²) in [6, 6.07) is 2.77. The molecule has 0 N–H and O–H groups in total. The van der Waals surface area contributed by atoms with E-state index in [1.54, 1.807) is 4.90 Å². The number of pyridine rings is 1. The first kappa shape index (κ1) is 19.3. The molecule has 0 saturated carbocycles. The van der Waals surface area contributed by atoms with E-state index in [0.29, 0.717) is 31.7 Å². The molecule has 2 heterocycles. The molecule has 8 nitrogen and oxygen atoms in total. The van der Waals surface area contributed by atoms with Gasteiger partial charge in [-0.15, -0.1) is 0 Å². The predicted octanol–water partition coefficient (Wildman–Crippen LogP) is 2.74. The number of hydrogen-bond acceptors (Lipinski definition) is 6. The number of nitro groups is 1. The van der Waals surface area contributed by atoms with E-state index in [-0.39, 0.29) is 22.7 Å². The van der Waals surface area contributed by atoms with Crippen LogP contribution >= 0.6 is 0 Å². The SMILES string of the molecule is CC(C)(C)OC(=O)N1CCC(C[S@@](=O)c2ncccc2[N+](=O)[O-])CC1. The Morgan fingerprint density at radius 1 is 1.44 bits per heavy atom. The molecule has 0 radical (unpaired) electrons. The van der Waals surface area contributed by atoms with E-state index >= 15 is 0 Å². The largest absolute Gasteiger partial charge is 0.444 e. The Balaban J connectivity index is 1.91. The third kappa shape index (κ3) is 5.48. The van der Waals surface area contributed by atoms with E-state index < -0.39 is 21.3 Å². The molecule has 1 aliphatic heterocycles. The zero-order valence-electron chi connectivity index (χ0n) is 14.6. The number of aromatic nitrogens is 1. The van der Waals surface area contributed by atoms with Gasteiger partial charge in [0.2, 0.25) is 5.03 Å². The first-order valence-corrected chi connectivity index (χ1v) is 9.45. The summed E-state index contributed by atoms with van der Waals surface area (Å²) >= 11 is 0. The van der Waals surface area contributed by atoms with Gasteiger partial charge in [0.25, 0.3) is 0 Å². The van der Waals surface area contributed by atoms with Crippen molar-refractivity contribution < 1.29 is 18.7 Å². The van der Waals surface area contributed by atoms with Gasteiger partial charge in [0.05, 0.1) is 15.7 Å². The Labute approximate surface area is 149 Å². The molecular weight excluding hydrogens is 346 g/mol. The number of rotatable bonds is 4. The van der Waals surface area contributed by atoms with E-state index in [1.165, 1.54) is 18.3 Å². The van der Waals surface area contributed by atoms with E-state index in [1.807, 2.05) is 20.8 Å². The van der Waals surface area contributed by atoms with E-state index in [9.17, 15) is 19.1 Å². The van der Waals surface area contributed by atoms with Crippen LogP contribution in [0.1, 0.15) is 33.6 Å². The van der Waals surface area contributed by atoms with Crippen molar-refractivity contribution in [3.05, 3.63) is 28.4 Å². The second-order valence-corrected chi connectivity index (χ2v) is 8.42. The normalized spacial score (nSPS) is 17.2. The van der Waals surface area contributed by atoms with Gasteiger partial charge in [0, 0.05) is 31.1 Å². The van der Waals surface area contributed by atoms with Gasteiger partial charge in [-0.2, -0.15) is 0 Å². The average Bonchev–Trinajstić information content (AvgIpc) is 2.53. The van der Waals surface area contributed by atoms with Crippen molar-refractivity contribution in [2.75, 3.05) is 18.8 Å². The summed E-state index contributed by atoms with van der Waals surface area (Å²) in [5.74, 6) is 0.432. The summed E-state index contributed by atoms with van der Waals surface area (Å²) in [7, 11) is -1.54. The van der Waals surface area contributed by atoms with Gasteiger partial charge >= 0.3 is 11.8 Å². The molecule has 1 amide bonds. The molecular formula is C16H23N3O5S. The molecule has 0 bridgehead atoms. The molecule has 1 saturated heterocycles. The smallest absolute Gasteiger partial charge is 0.410 e. The molecule has 25 heavy (non-hydrogen) atoms. The van der Waals surface area contributed by atoms with Crippen LogP contribution in [0.4, 0.5) is 10.5 Å². The number of likely N-dealkylation sites (tertiary alicyclic amines) is 1. The van der Waals surface area contributed by atoms with Crippen LogP contribution in [0, 0.1) is 16.0 Å². The number of ether oxygens (including phenoxy) is 1. The lowest BCUT2D eigenvalue weighted by molar-refractivity contribution is -0.388. The number of carbonyl (C=O) groups is 1. The molecule has 1 fully saturated rings. The first-order valence-electron chi connectivity index (χ1n) is 8.13. The minimum Gasteiger partial charge on any atom is -0.444 e. The van der Waals surface area contributed by atoms with Crippen molar-refractivity contribution >= 4 is 22.6 Å². The molecule has 1 atom stereocenters. The molecule has 1 aromatic rings. The highest BCUT2D eigenvalue weighted by Crippen LogP contribution is 2.25. The first-order chi connectivity index (χ1) is 11.7.